The lowest BCUT2D eigenvalue weighted by Gasteiger charge is -2.10. The van der Waals surface area contributed by atoms with E-state index in [1.807, 2.05) is 6.92 Å². The van der Waals surface area contributed by atoms with Gasteiger partial charge in [-0.15, -0.1) is 11.3 Å². The molecular weight excluding hydrogens is 336 g/mol. The number of thiophene rings is 1. The van der Waals surface area contributed by atoms with E-state index in [2.05, 4.69) is 39.6 Å². The van der Waals surface area contributed by atoms with Crippen LogP contribution in [0.3, 0.4) is 0 Å². The van der Waals surface area contributed by atoms with E-state index >= 15 is 0 Å². The number of hydrogen-bond acceptors (Lipinski definition) is 3. The fraction of sp³-hybridized carbons (Fsp3) is 0.267. The normalized spacial score (nSPS) is 10.6. The van der Waals surface area contributed by atoms with E-state index in [1.165, 1.54) is 10.4 Å². The molecule has 1 aromatic heterocycles. The molecule has 1 amide bonds. The third kappa shape index (κ3) is 3.22. The van der Waals surface area contributed by atoms with Gasteiger partial charge in [-0.25, -0.2) is 0 Å². The SMILES string of the molecule is CCc1ccsc1CNC(=O)c1cc(Br)cc(N)c1C. The molecule has 0 aliphatic rings. The Kier molecular flexibility index (Phi) is 4.83. The number of carbonyl (C=O) groups is 1. The number of rotatable bonds is 4. The summed E-state index contributed by atoms with van der Waals surface area (Å²) < 4.78 is 0.816. The molecule has 2 rings (SSSR count). The zero-order valence-electron chi connectivity index (χ0n) is 11.5. The molecule has 1 aromatic carbocycles. The average Bonchev–Trinajstić information content (AvgIpc) is 2.87. The lowest BCUT2D eigenvalue weighted by atomic mass is 10.1. The fourth-order valence-corrected chi connectivity index (χ4v) is 3.42. The molecule has 2 aromatic rings. The summed E-state index contributed by atoms with van der Waals surface area (Å²) in [6, 6.07) is 5.71. The highest BCUT2D eigenvalue weighted by Crippen LogP contribution is 2.23. The van der Waals surface area contributed by atoms with Crippen molar-refractivity contribution >= 4 is 38.9 Å². The molecule has 0 aliphatic heterocycles. The first kappa shape index (κ1) is 15.1. The van der Waals surface area contributed by atoms with E-state index in [4.69, 9.17) is 5.73 Å². The molecule has 1 heterocycles. The minimum atomic E-state index is -0.0917. The molecule has 0 fully saturated rings. The lowest BCUT2D eigenvalue weighted by Crippen LogP contribution is -2.24. The van der Waals surface area contributed by atoms with Crippen molar-refractivity contribution < 1.29 is 4.79 Å². The van der Waals surface area contributed by atoms with Crippen LogP contribution in [-0.2, 0) is 13.0 Å². The van der Waals surface area contributed by atoms with Crippen LogP contribution in [0.2, 0.25) is 0 Å². The van der Waals surface area contributed by atoms with Gasteiger partial charge >= 0.3 is 0 Å². The van der Waals surface area contributed by atoms with Gasteiger partial charge < -0.3 is 11.1 Å². The number of benzene rings is 1. The van der Waals surface area contributed by atoms with Crippen LogP contribution >= 0.6 is 27.3 Å². The minimum absolute atomic E-state index is 0.0917. The fourth-order valence-electron chi connectivity index (χ4n) is 2.03. The van der Waals surface area contributed by atoms with Gasteiger partial charge in [0.05, 0.1) is 6.54 Å². The predicted molar refractivity (Wildman–Crippen MR) is 88.2 cm³/mol. The minimum Gasteiger partial charge on any atom is -0.398 e. The van der Waals surface area contributed by atoms with Crippen LogP contribution in [0.5, 0.6) is 0 Å². The molecule has 0 saturated carbocycles. The van der Waals surface area contributed by atoms with Crippen molar-refractivity contribution in [2.45, 2.75) is 26.8 Å². The van der Waals surface area contributed by atoms with Gasteiger partial charge in [-0.2, -0.15) is 0 Å². The molecule has 3 nitrogen and oxygen atoms in total. The third-order valence-corrected chi connectivity index (χ3v) is 4.71. The predicted octanol–water partition coefficient (Wildman–Crippen LogP) is 3.89. The Morgan fingerprint density at radius 2 is 2.20 bits per heavy atom. The average molecular weight is 353 g/mol. The molecule has 0 atom stereocenters. The molecule has 0 saturated heterocycles. The highest BCUT2D eigenvalue weighted by atomic mass is 79.9. The van der Waals surface area contributed by atoms with Crippen LogP contribution < -0.4 is 11.1 Å². The second-order valence-electron chi connectivity index (χ2n) is 4.57. The van der Waals surface area contributed by atoms with Gasteiger partial charge in [0.25, 0.3) is 5.91 Å². The summed E-state index contributed by atoms with van der Waals surface area (Å²) in [5.41, 5.74) is 9.23. The molecular formula is C15H17BrN2OS. The number of nitrogens with one attached hydrogen (secondary N) is 1. The van der Waals surface area contributed by atoms with Crippen LogP contribution in [0.4, 0.5) is 5.69 Å². The summed E-state index contributed by atoms with van der Waals surface area (Å²) in [6.07, 6.45) is 0.984. The van der Waals surface area contributed by atoms with Gasteiger partial charge in [-0.05, 0) is 48.1 Å². The molecule has 0 radical (unpaired) electrons. The van der Waals surface area contributed by atoms with E-state index in [0.717, 1.165) is 16.5 Å². The monoisotopic (exact) mass is 352 g/mol. The van der Waals surface area contributed by atoms with E-state index in [-0.39, 0.29) is 5.91 Å². The first-order chi connectivity index (χ1) is 9.52. The van der Waals surface area contributed by atoms with E-state index < -0.39 is 0 Å². The van der Waals surface area contributed by atoms with Crippen molar-refractivity contribution in [3.63, 3.8) is 0 Å². The number of halogens is 1. The summed E-state index contributed by atoms with van der Waals surface area (Å²) in [7, 11) is 0. The highest BCUT2D eigenvalue weighted by Gasteiger charge is 2.13. The Morgan fingerprint density at radius 1 is 1.45 bits per heavy atom. The first-order valence-electron chi connectivity index (χ1n) is 6.42. The smallest absolute Gasteiger partial charge is 0.251 e. The Balaban J connectivity index is 2.13. The van der Waals surface area contributed by atoms with Crippen LogP contribution in [0.25, 0.3) is 0 Å². The van der Waals surface area contributed by atoms with E-state index in [0.29, 0.717) is 17.8 Å². The Hall–Kier alpha value is -1.33. The number of nitrogens with two attached hydrogens (primary N) is 1. The number of aryl methyl sites for hydroxylation is 1. The number of anilines is 1. The van der Waals surface area contributed by atoms with Crippen molar-refractivity contribution in [2.75, 3.05) is 5.73 Å². The topological polar surface area (TPSA) is 55.1 Å². The number of carbonyl (C=O) groups excluding carboxylic acids is 1. The molecule has 0 unspecified atom stereocenters. The largest absolute Gasteiger partial charge is 0.398 e. The zero-order chi connectivity index (χ0) is 14.7. The quantitative estimate of drug-likeness (QED) is 0.820. The third-order valence-electron chi connectivity index (χ3n) is 3.29. The molecule has 0 bridgehead atoms. The van der Waals surface area contributed by atoms with Crippen molar-refractivity contribution in [1.29, 1.82) is 0 Å². The second kappa shape index (κ2) is 6.41. The van der Waals surface area contributed by atoms with E-state index in [9.17, 15) is 4.79 Å². The maximum absolute atomic E-state index is 12.3. The van der Waals surface area contributed by atoms with Gasteiger partial charge in [0.1, 0.15) is 0 Å². The second-order valence-corrected chi connectivity index (χ2v) is 6.49. The number of nitrogen functional groups attached to an aromatic ring is 1. The van der Waals surface area contributed by atoms with Crippen molar-refractivity contribution in [1.82, 2.24) is 5.32 Å². The van der Waals surface area contributed by atoms with Gasteiger partial charge in [0.15, 0.2) is 0 Å². The van der Waals surface area contributed by atoms with Crippen LogP contribution in [-0.4, -0.2) is 5.91 Å². The molecule has 5 heteroatoms. The van der Waals surface area contributed by atoms with Gasteiger partial charge in [0.2, 0.25) is 0 Å². The Morgan fingerprint density at radius 3 is 2.90 bits per heavy atom. The van der Waals surface area contributed by atoms with Crippen molar-refractivity contribution in [3.8, 4) is 0 Å². The maximum atomic E-state index is 12.3. The molecule has 106 valence electrons. The molecule has 0 aliphatic carbocycles. The molecule has 20 heavy (non-hydrogen) atoms. The number of amides is 1. The van der Waals surface area contributed by atoms with Gasteiger partial charge in [0, 0.05) is 20.6 Å². The van der Waals surface area contributed by atoms with Crippen LogP contribution in [0.1, 0.15) is 33.3 Å². The lowest BCUT2D eigenvalue weighted by molar-refractivity contribution is 0.0950. The summed E-state index contributed by atoms with van der Waals surface area (Å²) in [5.74, 6) is -0.0917. The maximum Gasteiger partial charge on any atom is 0.251 e. The van der Waals surface area contributed by atoms with E-state index in [1.54, 1.807) is 23.5 Å². The van der Waals surface area contributed by atoms with Crippen molar-refractivity contribution in [2.24, 2.45) is 0 Å². The summed E-state index contributed by atoms with van der Waals surface area (Å²) in [6.45, 7) is 4.54. The Labute approximate surface area is 131 Å². The molecule has 3 N–H and O–H groups in total. The summed E-state index contributed by atoms with van der Waals surface area (Å²) in [4.78, 5) is 13.5. The van der Waals surface area contributed by atoms with Gasteiger partial charge in [-0.3, -0.25) is 4.79 Å². The Bertz CT molecular complexity index is 637. The summed E-state index contributed by atoms with van der Waals surface area (Å²) in [5, 5.41) is 5.02. The number of hydrogen-bond donors (Lipinski definition) is 2. The van der Waals surface area contributed by atoms with Gasteiger partial charge in [-0.1, -0.05) is 22.9 Å². The highest BCUT2D eigenvalue weighted by molar-refractivity contribution is 9.10. The standard InChI is InChI=1S/C15H17BrN2OS/c1-3-10-4-5-20-14(10)8-18-15(19)12-6-11(16)7-13(17)9(12)2/h4-7H,3,8,17H2,1-2H3,(H,18,19). The van der Waals surface area contributed by atoms with Crippen LogP contribution in [0.15, 0.2) is 28.1 Å². The zero-order valence-corrected chi connectivity index (χ0v) is 13.9. The van der Waals surface area contributed by atoms with Crippen molar-refractivity contribution in [3.05, 3.63) is 49.6 Å². The summed E-state index contributed by atoms with van der Waals surface area (Å²) >= 11 is 5.04. The van der Waals surface area contributed by atoms with Crippen LogP contribution in [0, 0.1) is 6.92 Å². The first-order valence-corrected chi connectivity index (χ1v) is 8.09. The molecule has 0 spiro atoms.